The van der Waals surface area contributed by atoms with Crippen LogP contribution < -0.4 is 10.1 Å². The number of fused-ring (bicyclic) bond motifs is 1. The number of rotatable bonds is 3. The van der Waals surface area contributed by atoms with Crippen molar-refractivity contribution in [3.8, 4) is 5.75 Å². The van der Waals surface area contributed by atoms with Crippen LogP contribution in [0.4, 0.5) is 5.69 Å². The predicted octanol–water partition coefficient (Wildman–Crippen LogP) is 2.42. The van der Waals surface area contributed by atoms with Crippen LogP contribution >= 0.6 is 0 Å². The number of carbonyl (C=O) groups excluding carboxylic acids is 1. The maximum Gasteiger partial charge on any atom is 0.335 e. The summed E-state index contributed by atoms with van der Waals surface area (Å²) in [7, 11) is 3.11. The lowest BCUT2D eigenvalue weighted by Gasteiger charge is -2.57. The first kappa shape index (κ1) is 18.0. The summed E-state index contributed by atoms with van der Waals surface area (Å²) < 4.78 is 10.6. The quantitative estimate of drug-likeness (QED) is 0.780. The van der Waals surface area contributed by atoms with E-state index in [1.54, 1.807) is 7.11 Å². The fourth-order valence-electron chi connectivity index (χ4n) is 6.64. The van der Waals surface area contributed by atoms with E-state index in [0.717, 1.165) is 49.5 Å². The normalized spacial score (nSPS) is 34.2. The van der Waals surface area contributed by atoms with E-state index in [1.165, 1.54) is 12.7 Å². The number of ether oxygens (including phenoxy) is 2. The molecule has 28 heavy (non-hydrogen) atoms. The molecule has 1 aromatic rings. The largest absolute Gasteiger partial charge is 0.497 e. The number of anilines is 1. The molecule has 0 saturated carbocycles. The monoisotopic (exact) mass is 384 g/mol. The highest BCUT2D eigenvalue weighted by Gasteiger charge is 2.67. The summed E-state index contributed by atoms with van der Waals surface area (Å²) in [5.74, 6) is 0.506. The molecule has 150 valence electrons. The van der Waals surface area contributed by atoms with Gasteiger partial charge >= 0.3 is 5.97 Å². The van der Waals surface area contributed by atoms with Gasteiger partial charge in [0.2, 0.25) is 0 Å². The Labute approximate surface area is 165 Å². The molecule has 2 saturated heterocycles. The van der Waals surface area contributed by atoms with Crippen LogP contribution in [0.1, 0.15) is 38.2 Å². The molecule has 1 spiro atoms. The third-order valence-electron chi connectivity index (χ3n) is 7.74. The van der Waals surface area contributed by atoms with Crippen LogP contribution in [0, 0.1) is 5.41 Å². The Kier molecular flexibility index (Phi) is 3.84. The number of piperidine rings is 1. The summed E-state index contributed by atoms with van der Waals surface area (Å²) in [6.07, 6.45) is 2.96. The first-order chi connectivity index (χ1) is 13.5. The summed E-state index contributed by atoms with van der Waals surface area (Å²) >= 11 is 0. The van der Waals surface area contributed by atoms with Gasteiger partial charge in [0.25, 0.3) is 0 Å². The minimum Gasteiger partial charge on any atom is -0.497 e. The number of esters is 1. The van der Waals surface area contributed by atoms with Crippen molar-refractivity contribution >= 4 is 11.7 Å². The summed E-state index contributed by atoms with van der Waals surface area (Å²) in [4.78, 5) is 15.4. The second-order valence-electron chi connectivity index (χ2n) is 8.73. The third kappa shape index (κ3) is 2.02. The summed E-state index contributed by atoms with van der Waals surface area (Å²) in [6, 6.07) is 6.33. The van der Waals surface area contributed by atoms with Gasteiger partial charge in [-0.2, -0.15) is 0 Å². The molecule has 0 radical (unpaired) electrons. The van der Waals surface area contributed by atoms with Crippen molar-refractivity contribution < 1.29 is 19.4 Å². The van der Waals surface area contributed by atoms with Gasteiger partial charge in [0.1, 0.15) is 5.75 Å². The Balaban J connectivity index is 1.80. The van der Waals surface area contributed by atoms with Crippen LogP contribution in [-0.4, -0.2) is 55.4 Å². The smallest absolute Gasteiger partial charge is 0.335 e. The van der Waals surface area contributed by atoms with Crippen LogP contribution in [-0.2, 0) is 14.9 Å². The lowest BCUT2D eigenvalue weighted by molar-refractivity contribution is -0.138. The van der Waals surface area contributed by atoms with Crippen molar-refractivity contribution in [2.24, 2.45) is 5.41 Å². The molecular formula is C22H28N2O4. The van der Waals surface area contributed by atoms with E-state index in [9.17, 15) is 9.90 Å². The number of carbonyl (C=O) groups is 1. The van der Waals surface area contributed by atoms with Gasteiger partial charge in [0.05, 0.1) is 31.3 Å². The van der Waals surface area contributed by atoms with Crippen LogP contribution in [0.3, 0.4) is 0 Å². The zero-order valence-electron chi connectivity index (χ0n) is 16.7. The highest BCUT2D eigenvalue weighted by Crippen LogP contribution is 2.65. The van der Waals surface area contributed by atoms with Crippen molar-refractivity contribution in [1.29, 1.82) is 0 Å². The lowest BCUT2D eigenvalue weighted by Crippen LogP contribution is -2.63. The van der Waals surface area contributed by atoms with Crippen LogP contribution in [0.2, 0.25) is 0 Å². The molecule has 4 unspecified atom stereocenters. The number of nitrogens with one attached hydrogen (secondary N) is 1. The third-order valence-corrected chi connectivity index (χ3v) is 7.74. The summed E-state index contributed by atoms with van der Waals surface area (Å²) in [5, 5.41) is 14.6. The Hall–Kier alpha value is -2.05. The Morgan fingerprint density at radius 3 is 2.86 bits per heavy atom. The van der Waals surface area contributed by atoms with Gasteiger partial charge in [0.15, 0.2) is 0 Å². The molecule has 4 aliphatic rings. The lowest BCUT2D eigenvalue weighted by atomic mass is 9.53. The molecule has 1 aliphatic carbocycles. The van der Waals surface area contributed by atoms with E-state index in [-0.39, 0.29) is 22.8 Å². The topological polar surface area (TPSA) is 71.0 Å². The van der Waals surface area contributed by atoms with Crippen molar-refractivity contribution in [3.05, 3.63) is 35.0 Å². The molecule has 2 fully saturated rings. The standard InChI is InChI=1S/C22H28N2O4/c1-13(25)21-7-4-9-24-10-8-22(20(21)24)16-6-5-14(27-2)11-17(16)23-18(22)15(12-21)19(26)28-3/h5-6,11,13,20,23,25H,4,7-10,12H2,1-3H3. The van der Waals surface area contributed by atoms with Crippen molar-refractivity contribution in [1.82, 2.24) is 4.90 Å². The van der Waals surface area contributed by atoms with Gasteiger partial charge in [-0.3, -0.25) is 4.90 Å². The van der Waals surface area contributed by atoms with E-state index >= 15 is 0 Å². The van der Waals surface area contributed by atoms with Gasteiger partial charge in [-0.1, -0.05) is 6.07 Å². The van der Waals surface area contributed by atoms with E-state index in [4.69, 9.17) is 9.47 Å². The number of nitrogens with zero attached hydrogens (tertiary/aromatic N) is 1. The zero-order chi connectivity index (χ0) is 19.7. The molecule has 6 heteroatoms. The molecule has 2 N–H and O–H groups in total. The molecule has 5 rings (SSSR count). The average Bonchev–Trinajstić information content (AvgIpc) is 3.26. The Morgan fingerprint density at radius 1 is 1.32 bits per heavy atom. The molecule has 0 aromatic heterocycles. The SMILES string of the molecule is COC(=O)C1=C2Nc3cc(OC)ccc3C23CCN2CCCC(C(C)O)(C1)C23. The number of aliphatic hydroxyl groups excluding tert-OH is 1. The molecule has 3 aliphatic heterocycles. The Bertz CT molecular complexity index is 879. The number of aliphatic hydroxyl groups is 1. The van der Waals surface area contributed by atoms with Gasteiger partial charge in [0, 0.05) is 28.9 Å². The second kappa shape index (κ2) is 5.97. The Morgan fingerprint density at radius 2 is 2.14 bits per heavy atom. The fraction of sp³-hybridized carbons (Fsp3) is 0.591. The van der Waals surface area contributed by atoms with E-state index in [1.807, 2.05) is 19.1 Å². The van der Waals surface area contributed by atoms with E-state index < -0.39 is 6.10 Å². The van der Waals surface area contributed by atoms with Crippen molar-refractivity contribution in [3.63, 3.8) is 0 Å². The van der Waals surface area contributed by atoms with Gasteiger partial charge in [-0.05, 0) is 57.3 Å². The first-order valence-corrected chi connectivity index (χ1v) is 10.2. The van der Waals surface area contributed by atoms with Crippen molar-refractivity contribution in [2.75, 3.05) is 32.6 Å². The van der Waals surface area contributed by atoms with Crippen LogP contribution in [0.15, 0.2) is 29.5 Å². The fourth-order valence-corrected chi connectivity index (χ4v) is 6.64. The predicted molar refractivity (Wildman–Crippen MR) is 105 cm³/mol. The van der Waals surface area contributed by atoms with Gasteiger partial charge in [-0.15, -0.1) is 0 Å². The average molecular weight is 384 g/mol. The molecule has 0 amide bonds. The minimum atomic E-state index is -0.501. The summed E-state index contributed by atoms with van der Waals surface area (Å²) in [5.41, 5.74) is 3.24. The molecule has 6 nitrogen and oxygen atoms in total. The maximum absolute atomic E-state index is 12.9. The molecule has 1 aromatic carbocycles. The molecule has 4 atom stereocenters. The highest BCUT2D eigenvalue weighted by atomic mass is 16.5. The molecular weight excluding hydrogens is 356 g/mol. The summed E-state index contributed by atoms with van der Waals surface area (Å²) in [6.45, 7) is 3.92. The number of methoxy groups -OCH3 is 2. The van der Waals surface area contributed by atoms with E-state index in [2.05, 4.69) is 16.3 Å². The van der Waals surface area contributed by atoms with Crippen LogP contribution in [0.5, 0.6) is 5.75 Å². The van der Waals surface area contributed by atoms with Gasteiger partial charge in [-0.25, -0.2) is 4.79 Å². The highest BCUT2D eigenvalue weighted by molar-refractivity contribution is 5.93. The number of hydrogen-bond donors (Lipinski definition) is 2. The molecule has 0 bridgehead atoms. The van der Waals surface area contributed by atoms with E-state index in [0.29, 0.717) is 12.0 Å². The first-order valence-electron chi connectivity index (χ1n) is 10.2. The number of benzene rings is 1. The number of hydrogen-bond acceptors (Lipinski definition) is 6. The van der Waals surface area contributed by atoms with Crippen molar-refractivity contribution in [2.45, 2.75) is 50.2 Å². The minimum absolute atomic E-state index is 0.180. The van der Waals surface area contributed by atoms with Gasteiger partial charge < -0.3 is 19.9 Å². The van der Waals surface area contributed by atoms with Crippen LogP contribution in [0.25, 0.3) is 0 Å². The molecule has 3 heterocycles. The second-order valence-corrected chi connectivity index (χ2v) is 8.73. The zero-order valence-corrected chi connectivity index (χ0v) is 16.7. The maximum atomic E-state index is 12.9.